The highest BCUT2D eigenvalue weighted by atomic mass is 16.6. The first kappa shape index (κ1) is 23.3. The van der Waals surface area contributed by atoms with Gasteiger partial charge in [-0.25, -0.2) is 0 Å². The van der Waals surface area contributed by atoms with Gasteiger partial charge in [-0.05, 0) is 36.4 Å². The van der Waals surface area contributed by atoms with E-state index in [9.17, 15) is 19.2 Å². The molecule has 1 heterocycles. The number of rotatable bonds is 6. The Hall–Kier alpha value is -4.40. The van der Waals surface area contributed by atoms with Crippen LogP contribution in [0.4, 0.5) is 0 Å². The number of carbonyl (C=O) groups excluding carboxylic acids is 4. The van der Waals surface area contributed by atoms with Crippen molar-refractivity contribution in [2.75, 3.05) is 0 Å². The molecule has 0 radical (unpaired) electrons. The molecule has 0 fully saturated rings. The molecule has 0 saturated carbocycles. The summed E-state index contributed by atoms with van der Waals surface area (Å²) >= 11 is 0. The fourth-order valence-corrected chi connectivity index (χ4v) is 2.98. The van der Waals surface area contributed by atoms with Crippen molar-refractivity contribution in [2.24, 2.45) is 0 Å². The second-order valence-electron chi connectivity index (χ2n) is 6.85. The normalized spacial score (nSPS) is 10.3. The Labute approximate surface area is 188 Å². The maximum atomic E-state index is 11.6. The Morgan fingerprint density at radius 3 is 1.24 bits per heavy atom. The second-order valence-corrected chi connectivity index (χ2v) is 6.85. The Kier molecular flexibility index (Phi) is 6.92. The molecule has 0 aliphatic rings. The van der Waals surface area contributed by atoms with Gasteiger partial charge in [0.25, 0.3) is 0 Å². The van der Waals surface area contributed by atoms with Gasteiger partial charge in [-0.2, -0.15) is 0 Å². The Balaban J connectivity index is 2.03. The number of hydrogen-bond donors (Lipinski definition) is 0. The van der Waals surface area contributed by atoms with Crippen molar-refractivity contribution in [2.45, 2.75) is 27.7 Å². The summed E-state index contributed by atoms with van der Waals surface area (Å²) in [5.74, 6) is -0.830. The fraction of sp³-hybridized carbons (Fsp3) is 0.167. The lowest BCUT2D eigenvalue weighted by atomic mass is 10.1. The first-order valence-electron chi connectivity index (χ1n) is 9.74. The monoisotopic (exact) mass is 452 g/mol. The molecular weight excluding hydrogens is 432 g/mol. The maximum absolute atomic E-state index is 11.6. The van der Waals surface area contributed by atoms with Crippen molar-refractivity contribution in [1.29, 1.82) is 0 Å². The predicted octanol–water partition coefficient (Wildman–Crippen LogP) is 4.31. The van der Waals surface area contributed by atoms with Crippen LogP contribution in [0.2, 0.25) is 0 Å². The molecule has 33 heavy (non-hydrogen) atoms. The molecule has 0 saturated heterocycles. The zero-order valence-corrected chi connectivity index (χ0v) is 18.3. The molecule has 170 valence electrons. The highest BCUT2D eigenvalue weighted by molar-refractivity contribution is 5.80. The molecule has 0 bridgehead atoms. The molecule has 2 aromatic carbocycles. The van der Waals surface area contributed by atoms with Crippen LogP contribution < -0.4 is 18.9 Å². The molecular formula is C24H20O9. The lowest BCUT2D eigenvalue weighted by Crippen LogP contribution is -2.05. The van der Waals surface area contributed by atoms with E-state index in [4.69, 9.17) is 23.4 Å². The predicted molar refractivity (Wildman–Crippen MR) is 115 cm³/mol. The molecule has 1 aromatic heterocycles. The van der Waals surface area contributed by atoms with Crippen molar-refractivity contribution in [3.63, 3.8) is 0 Å². The number of hydrogen-bond acceptors (Lipinski definition) is 9. The minimum atomic E-state index is -0.568. The van der Waals surface area contributed by atoms with Crippen LogP contribution in [-0.2, 0) is 19.2 Å². The van der Waals surface area contributed by atoms with E-state index in [0.29, 0.717) is 22.6 Å². The summed E-state index contributed by atoms with van der Waals surface area (Å²) < 4.78 is 26.6. The molecule has 0 atom stereocenters. The van der Waals surface area contributed by atoms with Crippen molar-refractivity contribution in [1.82, 2.24) is 0 Å². The van der Waals surface area contributed by atoms with E-state index in [0.717, 1.165) is 0 Å². The summed E-state index contributed by atoms with van der Waals surface area (Å²) in [5, 5.41) is 0. The van der Waals surface area contributed by atoms with E-state index >= 15 is 0 Å². The molecule has 0 N–H and O–H groups in total. The lowest BCUT2D eigenvalue weighted by Gasteiger charge is -2.11. The highest BCUT2D eigenvalue weighted by Crippen LogP contribution is 2.40. The molecule has 9 heteroatoms. The summed E-state index contributed by atoms with van der Waals surface area (Å²) in [5.41, 5.74) is 0.857. The molecule has 9 nitrogen and oxygen atoms in total. The SMILES string of the molecule is CC(=O)Oc1ccc(-c2ccc(-c3ccc(OC(C)=O)cc3OC(C)=O)o2)c(OC(C)=O)c1. The van der Waals surface area contributed by atoms with Crippen LogP contribution in [-0.4, -0.2) is 23.9 Å². The molecule has 0 aliphatic carbocycles. The Morgan fingerprint density at radius 1 is 0.545 bits per heavy atom. The molecule has 3 rings (SSSR count). The van der Waals surface area contributed by atoms with Crippen LogP contribution in [0, 0.1) is 0 Å². The number of ether oxygens (including phenoxy) is 4. The van der Waals surface area contributed by atoms with Gasteiger partial charge in [0, 0.05) is 39.8 Å². The molecule has 0 amide bonds. The topological polar surface area (TPSA) is 118 Å². The van der Waals surface area contributed by atoms with Crippen molar-refractivity contribution < 1.29 is 42.5 Å². The van der Waals surface area contributed by atoms with Gasteiger partial charge in [0.2, 0.25) is 0 Å². The van der Waals surface area contributed by atoms with Gasteiger partial charge in [0.05, 0.1) is 11.1 Å². The van der Waals surface area contributed by atoms with Crippen LogP contribution in [0.15, 0.2) is 52.9 Å². The van der Waals surface area contributed by atoms with Gasteiger partial charge in [0.15, 0.2) is 0 Å². The first-order valence-corrected chi connectivity index (χ1v) is 9.74. The Bertz CT molecular complexity index is 1140. The van der Waals surface area contributed by atoms with Crippen LogP contribution in [0.1, 0.15) is 27.7 Å². The third kappa shape index (κ3) is 6.07. The van der Waals surface area contributed by atoms with E-state index in [1.165, 1.54) is 52.0 Å². The average Bonchev–Trinajstić information content (AvgIpc) is 3.16. The minimum absolute atomic E-state index is 0.132. The summed E-state index contributed by atoms with van der Waals surface area (Å²) in [6.07, 6.45) is 0. The zero-order chi connectivity index (χ0) is 24.1. The molecule has 0 spiro atoms. The van der Waals surface area contributed by atoms with Gasteiger partial charge in [-0.1, -0.05) is 0 Å². The molecule has 3 aromatic rings. The fourth-order valence-electron chi connectivity index (χ4n) is 2.98. The van der Waals surface area contributed by atoms with E-state index in [2.05, 4.69) is 0 Å². The van der Waals surface area contributed by atoms with Crippen molar-refractivity contribution in [3.8, 4) is 45.6 Å². The molecule has 0 unspecified atom stereocenters. The van der Waals surface area contributed by atoms with E-state index < -0.39 is 23.9 Å². The van der Waals surface area contributed by atoms with E-state index in [-0.39, 0.29) is 23.0 Å². The van der Waals surface area contributed by atoms with Crippen LogP contribution in [0.25, 0.3) is 22.6 Å². The van der Waals surface area contributed by atoms with Crippen LogP contribution in [0.5, 0.6) is 23.0 Å². The Morgan fingerprint density at radius 2 is 0.909 bits per heavy atom. The van der Waals surface area contributed by atoms with Crippen LogP contribution >= 0.6 is 0 Å². The largest absolute Gasteiger partial charge is 0.456 e. The average molecular weight is 452 g/mol. The quantitative estimate of drug-likeness (QED) is 0.398. The van der Waals surface area contributed by atoms with Crippen molar-refractivity contribution in [3.05, 3.63) is 48.5 Å². The number of esters is 4. The van der Waals surface area contributed by atoms with Crippen molar-refractivity contribution >= 4 is 23.9 Å². The number of furan rings is 1. The van der Waals surface area contributed by atoms with Crippen LogP contribution in [0.3, 0.4) is 0 Å². The van der Waals surface area contributed by atoms with Gasteiger partial charge >= 0.3 is 23.9 Å². The summed E-state index contributed by atoms with van der Waals surface area (Å²) in [7, 11) is 0. The molecule has 0 aliphatic heterocycles. The second kappa shape index (κ2) is 9.82. The zero-order valence-electron chi connectivity index (χ0n) is 18.3. The summed E-state index contributed by atoms with van der Waals surface area (Å²) in [4.78, 5) is 45.6. The van der Waals surface area contributed by atoms with Gasteiger partial charge < -0.3 is 23.4 Å². The minimum Gasteiger partial charge on any atom is -0.456 e. The standard InChI is InChI=1S/C24H20O9/c1-13(25)29-17-5-7-19(23(11-17)31-15(3)27)21-9-10-22(33-21)20-8-6-18(30-14(2)26)12-24(20)32-16(4)28/h5-12H,1-4H3. The van der Waals surface area contributed by atoms with Gasteiger partial charge in [0.1, 0.15) is 34.5 Å². The van der Waals surface area contributed by atoms with E-state index in [1.807, 2.05) is 0 Å². The number of benzene rings is 2. The highest BCUT2D eigenvalue weighted by Gasteiger charge is 2.18. The third-order valence-electron chi connectivity index (χ3n) is 4.07. The third-order valence-corrected chi connectivity index (χ3v) is 4.07. The first-order chi connectivity index (χ1) is 15.6. The lowest BCUT2D eigenvalue weighted by molar-refractivity contribution is -0.133. The van der Waals surface area contributed by atoms with E-state index in [1.54, 1.807) is 24.3 Å². The smallest absolute Gasteiger partial charge is 0.308 e. The van der Waals surface area contributed by atoms with Gasteiger partial charge in [-0.15, -0.1) is 0 Å². The maximum Gasteiger partial charge on any atom is 0.308 e. The summed E-state index contributed by atoms with van der Waals surface area (Å²) in [6, 6.07) is 12.3. The van der Waals surface area contributed by atoms with Gasteiger partial charge in [-0.3, -0.25) is 19.2 Å². The summed E-state index contributed by atoms with van der Waals surface area (Å²) in [6.45, 7) is 5.00. The number of carbonyl (C=O) groups is 4.